The Kier molecular flexibility index (Phi) is 4.47. The van der Waals surface area contributed by atoms with Crippen LogP contribution < -0.4 is 10.2 Å². The van der Waals surface area contributed by atoms with Gasteiger partial charge in [0.25, 0.3) is 0 Å². The third kappa shape index (κ3) is 3.13. The zero-order valence-corrected chi connectivity index (χ0v) is 16.6. The highest BCUT2D eigenvalue weighted by atomic mass is 19.1. The Morgan fingerprint density at radius 1 is 1.03 bits per heavy atom. The summed E-state index contributed by atoms with van der Waals surface area (Å²) in [5.74, 6) is -0.974. The smallest absolute Gasteiger partial charge is 0.179 e. The summed E-state index contributed by atoms with van der Waals surface area (Å²) in [6.45, 7) is 6.00. The van der Waals surface area contributed by atoms with Crippen molar-refractivity contribution >= 4 is 39.8 Å². The van der Waals surface area contributed by atoms with Crippen molar-refractivity contribution in [3.8, 4) is 0 Å². The second-order valence-corrected chi connectivity index (χ2v) is 7.17. The molecule has 5 rings (SSSR count). The molecule has 1 aliphatic rings. The highest BCUT2D eigenvalue weighted by Crippen LogP contribution is 2.39. The van der Waals surface area contributed by atoms with E-state index in [-0.39, 0.29) is 5.69 Å². The van der Waals surface area contributed by atoms with Gasteiger partial charge in [0, 0.05) is 17.5 Å². The summed E-state index contributed by atoms with van der Waals surface area (Å²) in [5, 5.41) is 3.36. The van der Waals surface area contributed by atoms with E-state index < -0.39 is 17.7 Å². The molecular formula is C23H18F2N6. The number of benzene rings is 2. The van der Waals surface area contributed by atoms with Gasteiger partial charge in [-0.1, -0.05) is 30.8 Å². The Morgan fingerprint density at radius 2 is 1.81 bits per heavy atom. The molecule has 0 saturated carbocycles. The first-order chi connectivity index (χ1) is 15.0. The maximum absolute atomic E-state index is 14.8. The van der Waals surface area contributed by atoms with Crippen LogP contribution in [0.5, 0.6) is 0 Å². The molecule has 2 N–H and O–H groups in total. The van der Waals surface area contributed by atoms with E-state index in [0.717, 1.165) is 11.2 Å². The second-order valence-electron chi connectivity index (χ2n) is 7.17. The van der Waals surface area contributed by atoms with Crippen LogP contribution in [0.1, 0.15) is 12.5 Å². The Hall–Kier alpha value is -4.07. The lowest BCUT2D eigenvalue weighted by Crippen LogP contribution is -2.42. The monoisotopic (exact) mass is 416 g/mol. The topological polar surface area (TPSA) is 69.2 Å². The average molecular weight is 416 g/mol. The number of aromatic amines is 1. The fourth-order valence-electron chi connectivity index (χ4n) is 3.76. The number of aromatic nitrogens is 3. The van der Waals surface area contributed by atoms with Gasteiger partial charge in [0.05, 0.1) is 23.7 Å². The van der Waals surface area contributed by atoms with Crippen LogP contribution in [0.2, 0.25) is 0 Å². The van der Waals surface area contributed by atoms with Crippen molar-refractivity contribution in [1.29, 1.82) is 0 Å². The van der Waals surface area contributed by atoms with Gasteiger partial charge in [-0.3, -0.25) is 4.90 Å². The van der Waals surface area contributed by atoms with Crippen LogP contribution in [0.4, 0.5) is 25.8 Å². The van der Waals surface area contributed by atoms with Crippen LogP contribution in [0.3, 0.4) is 0 Å². The van der Waals surface area contributed by atoms with Crippen molar-refractivity contribution in [3.05, 3.63) is 84.8 Å². The standard InChI is InChI=1S/C23H18F2N6/c1-13(29-19-10-11-26-22-20(19)27-12-28-22)23-30-18-9-4-3-6-15(18)14(2)31(23)21-16(24)7-5-8-17(21)25/h3-13H,2H2,1H3,(H2,26,27,28,29)/t13-/m0/s1. The number of nitrogens with one attached hydrogen (secondary N) is 2. The van der Waals surface area contributed by atoms with Gasteiger partial charge in [-0.05, 0) is 31.2 Å². The molecule has 0 amide bonds. The Balaban J connectivity index is 1.63. The van der Waals surface area contributed by atoms with Crippen LogP contribution >= 0.6 is 0 Å². The molecule has 0 spiro atoms. The van der Waals surface area contributed by atoms with E-state index in [1.54, 1.807) is 18.6 Å². The zero-order chi connectivity index (χ0) is 21.5. The molecule has 0 aliphatic carbocycles. The summed E-state index contributed by atoms with van der Waals surface area (Å²) in [6, 6.07) is 12.5. The first-order valence-corrected chi connectivity index (χ1v) is 9.70. The van der Waals surface area contributed by atoms with Crippen LogP contribution in [-0.4, -0.2) is 26.8 Å². The molecule has 0 bridgehead atoms. The molecule has 31 heavy (non-hydrogen) atoms. The number of pyridine rings is 1. The van der Waals surface area contributed by atoms with Gasteiger partial charge in [-0.2, -0.15) is 0 Å². The molecule has 0 saturated heterocycles. The number of imidazole rings is 1. The normalized spacial score (nSPS) is 14.4. The summed E-state index contributed by atoms with van der Waals surface area (Å²) in [7, 11) is 0. The number of halogens is 2. The third-order valence-electron chi connectivity index (χ3n) is 5.20. The fourth-order valence-corrected chi connectivity index (χ4v) is 3.76. The first-order valence-electron chi connectivity index (χ1n) is 9.70. The van der Waals surface area contributed by atoms with E-state index in [1.165, 1.54) is 23.1 Å². The van der Waals surface area contributed by atoms with Gasteiger partial charge in [-0.15, -0.1) is 0 Å². The minimum absolute atomic E-state index is 0.212. The van der Waals surface area contributed by atoms with Crippen molar-refractivity contribution in [3.63, 3.8) is 0 Å². The Bertz CT molecular complexity index is 1320. The van der Waals surface area contributed by atoms with E-state index in [0.29, 0.717) is 28.4 Å². The molecule has 0 unspecified atom stereocenters. The highest BCUT2D eigenvalue weighted by molar-refractivity contribution is 6.16. The number of hydrogen-bond acceptors (Lipinski definition) is 5. The summed E-state index contributed by atoms with van der Waals surface area (Å²) in [4.78, 5) is 17.6. The lowest BCUT2D eigenvalue weighted by atomic mass is 10.0. The van der Waals surface area contributed by atoms with Crippen LogP contribution in [0.25, 0.3) is 16.9 Å². The number of anilines is 2. The zero-order valence-electron chi connectivity index (χ0n) is 16.6. The summed E-state index contributed by atoms with van der Waals surface area (Å²) < 4.78 is 29.6. The van der Waals surface area contributed by atoms with Gasteiger partial charge in [0.2, 0.25) is 0 Å². The predicted molar refractivity (Wildman–Crippen MR) is 118 cm³/mol. The minimum Gasteiger partial charge on any atom is -0.374 e. The molecule has 2 aromatic carbocycles. The van der Waals surface area contributed by atoms with Gasteiger partial charge in [0.1, 0.15) is 28.7 Å². The summed E-state index contributed by atoms with van der Waals surface area (Å²) in [6.07, 6.45) is 3.20. The quantitative estimate of drug-likeness (QED) is 0.476. The molecule has 8 heteroatoms. The molecule has 6 nitrogen and oxygen atoms in total. The van der Waals surface area contributed by atoms with Crippen LogP contribution in [0, 0.1) is 11.6 Å². The molecule has 154 valence electrons. The SMILES string of the molecule is C=C1c2ccccc2N=C([C@H](C)Nc2ccnc3nc[nH]c23)N1c1c(F)cccc1F. The lowest BCUT2D eigenvalue weighted by Gasteiger charge is -2.35. The number of aliphatic imine (C=N–C) groups is 1. The van der Waals surface area contributed by atoms with Crippen molar-refractivity contribution in [2.45, 2.75) is 13.0 Å². The fraction of sp³-hybridized carbons (Fsp3) is 0.0870. The molecular weight excluding hydrogens is 398 g/mol. The number of amidine groups is 1. The Labute approximate surface area is 177 Å². The number of nitrogens with zero attached hydrogens (tertiary/aromatic N) is 4. The number of H-pyrrole nitrogens is 1. The van der Waals surface area contributed by atoms with E-state index in [9.17, 15) is 8.78 Å². The second kappa shape index (κ2) is 7.32. The van der Waals surface area contributed by atoms with Crippen molar-refractivity contribution in [2.75, 3.05) is 10.2 Å². The molecule has 2 aromatic heterocycles. The first kappa shape index (κ1) is 18.9. The summed E-state index contributed by atoms with van der Waals surface area (Å²) in [5.41, 5.74) is 3.67. The van der Waals surface area contributed by atoms with Crippen molar-refractivity contribution in [2.24, 2.45) is 4.99 Å². The molecule has 1 aliphatic heterocycles. The van der Waals surface area contributed by atoms with E-state index in [1.807, 2.05) is 31.2 Å². The molecule has 3 heterocycles. The largest absolute Gasteiger partial charge is 0.374 e. The van der Waals surface area contributed by atoms with Crippen molar-refractivity contribution < 1.29 is 8.78 Å². The number of rotatable bonds is 4. The highest BCUT2D eigenvalue weighted by Gasteiger charge is 2.32. The van der Waals surface area contributed by atoms with Gasteiger partial charge in [-0.25, -0.2) is 23.7 Å². The van der Waals surface area contributed by atoms with E-state index >= 15 is 0 Å². The molecule has 1 atom stereocenters. The van der Waals surface area contributed by atoms with E-state index in [4.69, 9.17) is 4.99 Å². The Morgan fingerprint density at radius 3 is 2.61 bits per heavy atom. The van der Waals surface area contributed by atoms with Gasteiger partial charge in [0.15, 0.2) is 5.65 Å². The van der Waals surface area contributed by atoms with Crippen molar-refractivity contribution in [1.82, 2.24) is 15.0 Å². The summed E-state index contributed by atoms with van der Waals surface area (Å²) >= 11 is 0. The lowest BCUT2D eigenvalue weighted by molar-refractivity contribution is 0.586. The van der Waals surface area contributed by atoms with E-state index in [2.05, 4.69) is 26.8 Å². The predicted octanol–water partition coefficient (Wildman–Crippen LogP) is 5.26. The number of hydrogen-bond donors (Lipinski definition) is 2. The number of para-hydroxylation sites is 2. The molecule has 0 fully saturated rings. The van der Waals surface area contributed by atoms with Gasteiger partial charge < -0.3 is 10.3 Å². The average Bonchev–Trinajstić information content (AvgIpc) is 3.25. The van der Waals surface area contributed by atoms with Gasteiger partial charge >= 0.3 is 0 Å². The van der Waals surface area contributed by atoms with Crippen LogP contribution in [0.15, 0.2) is 72.6 Å². The minimum atomic E-state index is -0.694. The third-order valence-corrected chi connectivity index (χ3v) is 5.20. The van der Waals surface area contributed by atoms with Crippen LogP contribution in [-0.2, 0) is 0 Å². The molecule has 4 aromatic rings. The maximum atomic E-state index is 14.8. The maximum Gasteiger partial charge on any atom is 0.179 e. The molecule has 0 radical (unpaired) electrons. The number of fused-ring (bicyclic) bond motifs is 2.